The lowest BCUT2D eigenvalue weighted by atomic mass is 9.91. The van der Waals surface area contributed by atoms with E-state index in [1.807, 2.05) is 36.4 Å². The zero-order valence-corrected chi connectivity index (χ0v) is 14.8. The summed E-state index contributed by atoms with van der Waals surface area (Å²) in [7, 11) is 0. The third-order valence-corrected chi connectivity index (χ3v) is 4.66. The van der Waals surface area contributed by atoms with Gasteiger partial charge in [-0.25, -0.2) is 9.69 Å². The van der Waals surface area contributed by atoms with Gasteiger partial charge in [0.2, 0.25) is 5.91 Å². The summed E-state index contributed by atoms with van der Waals surface area (Å²) in [6.45, 7) is 0.147. The molecule has 0 spiro atoms. The molecule has 2 aromatic carbocycles. The molecule has 1 N–H and O–H groups in total. The number of hydrogen-bond donors (Lipinski definition) is 1. The van der Waals surface area contributed by atoms with Crippen molar-refractivity contribution in [3.63, 3.8) is 0 Å². The highest BCUT2D eigenvalue weighted by atomic mass is 16.6. The number of carbonyl (C=O) groups is 3. The number of aliphatic carboxylic acids is 1. The molecule has 6 nitrogen and oxygen atoms in total. The Morgan fingerprint density at radius 2 is 1.67 bits per heavy atom. The first kappa shape index (κ1) is 18.6. The molecule has 2 atom stereocenters. The molecule has 0 aliphatic carbocycles. The van der Waals surface area contributed by atoms with Crippen molar-refractivity contribution in [1.82, 2.24) is 4.90 Å². The van der Waals surface area contributed by atoms with E-state index in [2.05, 4.69) is 0 Å². The number of carboxylic acids is 1. The molecule has 0 radical (unpaired) electrons. The topological polar surface area (TPSA) is 83.9 Å². The van der Waals surface area contributed by atoms with E-state index in [4.69, 9.17) is 4.74 Å². The SMILES string of the molecule is O=C(O)C[C@H](CC(=O)N1C(=O)OC[C@@H]1Cc1ccccc1)c1ccccc1. The summed E-state index contributed by atoms with van der Waals surface area (Å²) in [4.78, 5) is 37.4. The maximum atomic E-state index is 12.9. The molecule has 0 aromatic heterocycles. The minimum Gasteiger partial charge on any atom is -0.481 e. The average Bonchev–Trinajstić information content (AvgIpc) is 3.02. The molecule has 1 heterocycles. The van der Waals surface area contributed by atoms with Crippen molar-refractivity contribution in [3.8, 4) is 0 Å². The van der Waals surface area contributed by atoms with E-state index < -0.39 is 23.9 Å². The molecule has 140 valence electrons. The quantitative estimate of drug-likeness (QED) is 0.812. The van der Waals surface area contributed by atoms with E-state index in [0.717, 1.165) is 16.0 Å². The van der Waals surface area contributed by atoms with Gasteiger partial charge in [0.25, 0.3) is 0 Å². The highest BCUT2D eigenvalue weighted by Crippen LogP contribution is 2.27. The summed E-state index contributed by atoms with van der Waals surface area (Å²) in [6, 6.07) is 18.2. The Kier molecular flexibility index (Phi) is 5.86. The smallest absolute Gasteiger partial charge is 0.416 e. The van der Waals surface area contributed by atoms with Crippen molar-refractivity contribution in [2.75, 3.05) is 6.61 Å². The number of nitrogens with zero attached hydrogens (tertiary/aromatic N) is 1. The summed E-state index contributed by atoms with van der Waals surface area (Å²) in [5, 5.41) is 9.21. The Morgan fingerprint density at radius 3 is 2.30 bits per heavy atom. The van der Waals surface area contributed by atoms with Crippen LogP contribution in [0, 0.1) is 0 Å². The lowest BCUT2D eigenvalue weighted by Gasteiger charge is -2.22. The summed E-state index contributed by atoms with van der Waals surface area (Å²) in [5.74, 6) is -1.89. The zero-order valence-electron chi connectivity index (χ0n) is 14.8. The molecule has 0 bridgehead atoms. The molecule has 1 saturated heterocycles. The number of hydrogen-bond acceptors (Lipinski definition) is 4. The fourth-order valence-electron chi connectivity index (χ4n) is 3.36. The highest BCUT2D eigenvalue weighted by molar-refractivity contribution is 5.94. The fourth-order valence-corrected chi connectivity index (χ4v) is 3.36. The van der Waals surface area contributed by atoms with Crippen molar-refractivity contribution in [3.05, 3.63) is 71.8 Å². The van der Waals surface area contributed by atoms with Crippen LogP contribution < -0.4 is 0 Å². The van der Waals surface area contributed by atoms with Gasteiger partial charge in [0.05, 0.1) is 12.5 Å². The second kappa shape index (κ2) is 8.49. The van der Waals surface area contributed by atoms with Crippen LogP contribution in [0.15, 0.2) is 60.7 Å². The Balaban J connectivity index is 1.75. The Hall–Kier alpha value is -3.15. The summed E-state index contributed by atoms with van der Waals surface area (Å²) in [6.07, 6.45) is -0.394. The van der Waals surface area contributed by atoms with Crippen LogP contribution in [0.3, 0.4) is 0 Å². The van der Waals surface area contributed by atoms with Gasteiger partial charge >= 0.3 is 12.1 Å². The van der Waals surface area contributed by atoms with Crippen LogP contribution in [0.5, 0.6) is 0 Å². The van der Waals surface area contributed by atoms with Gasteiger partial charge in [0.1, 0.15) is 6.61 Å². The predicted octanol–water partition coefficient (Wildman–Crippen LogP) is 3.23. The lowest BCUT2D eigenvalue weighted by molar-refractivity contribution is -0.137. The number of benzene rings is 2. The second-order valence-electron chi connectivity index (χ2n) is 6.59. The summed E-state index contributed by atoms with van der Waals surface area (Å²) >= 11 is 0. The van der Waals surface area contributed by atoms with Gasteiger partial charge < -0.3 is 9.84 Å². The molecular weight excluding hydrogens is 346 g/mol. The van der Waals surface area contributed by atoms with E-state index in [-0.39, 0.29) is 25.5 Å². The Morgan fingerprint density at radius 1 is 1.04 bits per heavy atom. The van der Waals surface area contributed by atoms with Gasteiger partial charge in [-0.3, -0.25) is 9.59 Å². The number of ether oxygens (including phenoxy) is 1. The second-order valence-corrected chi connectivity index (χ2v) is 6.59. The first-order valence-electron chi connectivity index (χ1n) is 8.84. The Bertz CT molecular complexity index is 806. The van der Waals surface area contributed by atoms with Crippen LogP contribution in [-0.2, 0) is 20.7 Å². The van der Waals surface area contributed by atoms with Crippen LogP contribution in [-0.4, -0.2) is 40.6 Å². The van der Waals surface area contributed by atoms with Gasteiger partial charge in [-0.15, -0.1) is 0 Å². The minimum absolute atomic E-state index is 0.0588. The first-order valence-corrected chi connectivity index (χ1v) is 8.84. The monoisotopic (exact) mass is 367 g/mol. The molecule has 1 fully saturated rings. The fraction of sp³-hybridized carbons (Fsp3) is 0.286. The Labute approximate surface area is 157 Å². The minimum atomic E-state index is -0.985. The molecule has 2 amide bonds. The van der Waals surface area contributed by atoms with Gasteiger partial charge in [0, 0.05) is 12.3 Å². The van der Waals surface area contributed by atoms with Crippen molar-refractivity contribution in [1.29, 1.82) is 0 Å². The normalized spacial score (nSPS) is 17.4. The van der Waals surface area contributed by atoms with Crippen molar-refractivity contribution < 1.29 is 24.2 Å². The molecule has 1 aliphatic rings. The molecule has 6 heteroatoms. The van der Waals surface area contributed by atoms with Crippen LogP contribution in [0.2, 0.25) is 0 Å². The molecule has 0 unspecified atom stereocenters. The molecule has 0 saturated carbocycles. The summed E-state index contributed by atoms with van der Waals surface area (Å²) in [5.41, 5.74) is 1.77. The van der Waals surface area contributed by atoms with E-state index in [1.54, 1.807) is 24.3 Å². The maximum absolute atomic E-state index is 12.9. The number of rotatable bonds is 7. The van der Waals surface area contributed by atoms with Crippen molar-refractivity contribution in [2.24, 2.45) is 0 Å². The van der Waals surface area contributed by atoms with Gasteiger partial charge in [0.15, 0.2) is 0 Å². The largest absolute Gasteiger partial charge is 0.481 e. The number of imide groups is 1. The predicted molar refractivity (Wildman–Crippen MR) is 98.2 cm³/mol. The van der Waals surface area contributed by atoms with Crippen molar-refractivity contribution in [2.45, 2.75) is 31.2 Å². The van der Waals surface area contributed by atoms with Gasteiger partial charge in [-0.2, -0.15) is 0 Å². The lowest BCUT2D eigenvalue weighted by Crippen LogP contribution is -2.40. The van der Waals surface area contributed by atoms with Crippen LogP contribution in [0.25, 0.3) is 0 Å². The van der Waals surface area contributed by atoms with Crippen LogP contribution in [0.4, 0.5) is 4.79 Å². The maximum Gasteiger partial charge on any atom is 0.416 e. The van der Waals surface area contributed by atoms with E-state index >= 15 is 0 Å². The molecular formula is C21H21NO5. The molecule has 2 aromatic rings. The van der Waals surface area contributed by atoms with Crippen molar-refractivity contribution >= 4 is 18.0 Å². The highest BCUT2D eigenvalue weighted by Gasteiger charge is 2.38. The number of cyclic esters (lactones) is 1. The van der Waals surface area contributed by atoms with Crippen LogP contribution in [0.1, 0.15) is 29.9 Å². The van der Waals surface area contributed by atoms with E-state index in [1.165, 1.54) is 0 Å². The zero-order chi connectivity index (χ0) is 19.2. The van der Waals surface area contributed by atoms with Gasteiger partial charge in [-0.1, -0.05) is 60.7 Å². The standard InChI is InChI=1S/C21H21NO5/c23-19(12-17(13-20(24)25)16-9-5-2-6-10-16)22-18(14-27-21(22)26)11-15-7-3-1-4-8-15/h1-10,17-18H,11-14H2,(H,24,25)/t17-,18-/m0/s1. The first-order chi connectivity index (χ1) is 13.0. The van der Waals surface area contributed by atoms with Crippen LogP contribution >= 0.6 is 0 Å². The summed E-state index contributed by atoms with van der Waals surface area (Å²) < 4.78 is 5.09. The third-order valence-electron chi connectivity index (χ3n) is 4.66. The number of carbonyl (C=O) groups excluding carboxylic acids is 2. The number of carboxylic acid groups (broad SMARTS) is 1. The molecule has 3 rings (SSSR count). The molecule has 27 heavy (non-hydrogen) atoms. The molecule has 1 aliphatic heterocycles. The van der Waals surface area contributed by atoms with E-state index in [9.17, 15) is 19.5 Å². The third kappa shape index (κ3) is 4.73. The van der Waals surface area contributed by atoms with Gasteiger partial charge in [-0.05, 0) is 17.5 Å². The van der Waals surface area contributed by atoms with E-state index in [0.29, 0.717) is 6.42 Å². The number of amides is 2. The average molecular weight is 367 g/mol.